The van der Waals surface area contributed by atoms with Gasteiger partial charge in [0.1, 0.15) is 0 Å². The third-order valence-electron chi connectivity index (χ3n) is 2.08. The number of hydrogen-bond acceptors (Lipinski definition) is 2. The van der Waals surface area contributed by atoms with Crippen molar-refractivity contribution in [2.75, 3.05) is 13.2 Å². The first-order valence-corrected chi connectivity index (χ1v) is 5.10. The van der Waals surface area contributed by atoms with E-state index in [1.165, 1.54) is 12.8 Å². The van der Waals surface area contributed by atoms with Crippen LogP contribution in [0, 0.1) is 0 Å². The van der Waals surface area contributed by atoms with Crippen molar-refractivity contribution in [3.05, 3.63) is 12.2 Å². The monoisotopic (exact) mass is 183 g/mol. The lowest BCUT2D eigenvalue weighted by Crippen LogP contribution is -2.32. The van der Waals surface area contributed by atoms with Crippen molar-refractivity contribution in [2.45, 2.75) is 45.3 Å². The smallest absolute Gasteiger partial charge is 0.0599 e. The Morgan fingerprint density at radius 3 is 2.46 bits per heavy atom. The summed E-state index contributed by atoms with van der Waals surface area (Å²) in [7, 11) is 0. The summed E-state index contributed by atoms with van der Waals surface area (Å²) in [6.45, 7) is 8.03. The van der Waals surface area contributed by atoms with E-state index in [0.717, 1.165) is 13.2 Å². The Labute approximate surface area is 81.4 Å². The predicted molar refractivity (Wildman–Crippen MR) is 55.9 cm³/mol. The molecule has 1 aliphatic carbocycles. The highest BCUT2D eigenvalue weighted by Crippen LogP contribution is 2.09. The van der Waals surface area contributed by atoms with E-state index in [4.69, 9.17) is 4.74 Å². The van der Waals surface area contributed by atoms with Crippen molar-refractivity contribution in [1.82, 2.24) is 5.32 Å². The maximum absolute atomic E-state index is 5.61. The van der Waals surface area contributed by atoms with Crippen molar-refractivity contribution >= 4 is 0 Å². The minimum Gasteiger partial charge on any atom is -0.375 e. The van der Waals surface area contributed by atoms with Crippen LogP contribution in [0.5, 0.6) is 0 Å². The molecule has 0 unspecified atom stereocenters. The van der Waals surface area contributed by atoms with Crippen molar-refractivity contribution in [3.8, 4) is 0 Å². The predicted octanol–water partition coefficient (Wildman–Crippen LogP) is 2.11. The summed E-state index contributed by atoms with van der Waals surface area (Å²) in [6.07, 6.45) is 6.83. The number of rotatable bonds is 4. The Bertz CT molecular complexity index is 161. The van der Waals surface area contributed by atoms with Gasteiger partial charge >= 0.3 is 0 Å². The minimum atomic E-state index is -0.00436. The molecular weight excluding hydrogens is 162 g/mol. The van der Waals surface area contributed by atoms with Crippen LogP contribution in [0.1, 0.15) is 33.6 Å². The average Bonchev–Trinajstić information content (AvgIpc) is 2.48. The number of ether oxygens (including phenoxy) is 1. The van der Waals surface area contributed by atoms with Gasteiger partial charge in [0, 0.05) is 12.6 Å². The third kappa shape index (κ3) is 5.06. The van der Waals surface area contributed by atoms with Crippen LogP contribution >= 0.6 is 0 Å². The Balaban J connectivity index is 1.95. The van der Waals surface area contributed by atoms with E-state index in [9.17, 15) is 0 Å². The summed E-state index contributed by atoms with van der Waals surface area (Å²) in [5.74, 6) is 0. The Morgan fingerprint density at radius 1 is 1.31 bits per heavy atom. The lowest BCUT2D eigenvalue weighted by atomic mass is 10.2. The van der Waals surface area contributed by atoms with Crippen LogP contribution in [-0.4, -0.2) is 24.8 Å². The van der Waals surface area contributed by atoms with Crippen molar-refractivity contribution in [3.63, 3.8) is 0 Å². The number of nitrogens with one attached hydrogen (secondary N) is 1. The van der Waals surface area contributed by atoms with E-state index >= 15 is 0 Å². The van der Waals surface area contributed by atoms with Crippen LogP contribution in [0.3, 0.4) is 0 Å². The zero-order valence-corrected chi connectivity index (χ0v) is 8.97. The highest BCUT2D eigenvalue weighted by molar-refractivity contribution is 4.97. The maximum Gasteiger partial charge on any atom is 0.0599 e. The van der Waals surface area contributed by atoms with E-state index in [1.807, 2.05) is 0 Å². The second-order valence-corrected chi connectivity index (χ2v) is 4.55. The van der Waals surface area contributed by atoms with Gasteiger partial charge in [-0.2, -0.15) is 0 Å². The van der Waals surface area contributed by atoms with E-state index in [0.29, 0.717) is 6.04 Å². The molecule has 0 heterocycles. The van der Waals surface area contributed by atoms with Crippen molar-refractivity contribution in [1.29, 1.82) is 0 Å². The molecule has 0 aromatic rings. The fraction of sp³-hybridized carbons (Fsp3) is 0.818. The molecule has 1 aliphatic rings. The Hall–Kier alpha value is -0.340. The van der Waals surface area contributed by atoms with Crippen LogP contribution < -0.4 is 5.32 Å². The zero-order chi connectivity index (χ0) is 9.73. The highest BCUT2D eigenvalue weighted by atomic mass is 16.5. The lowest BCUT2D eigenvalue weighted by molar-refractivity contribution is -0.00152. The lowest BCUT2D eigenvalue weighted by Gasteiger charge is -2.20. The molecule has 0 fully saturated rings. The van der Waals surface area contributed by atoms with Gasteiger partial charge in [-0.05, 0) is 33.6 Å². The SMILES string of the molecule is CC(C)(C)OCCNC1CC=CC1. The first-order chi connectivity index (χ1) is 6.08. The van der Waals surface area contributed by atoms with Gasteiger partial charge in [0.05, 0.1) is 12.2 Å². The summed E-state index contributed by atoms with van der Waals surface area (Å²) in [6, 6.07) is 0.656. The summed E-state index contributed by atoms with van der Waals surface area (Å²) < 4.78 is 5.61. The summed E-state index contributed by atoms with van der Waals surface area (Å²) >= 11 is 0. The van der Waals surface area contributed by atoms with Crippen LogP contribution in [0.25, 0.3) is 0 Å². The molecule has 0 atom stereocenters. The number of hydrogen-bond donors (Lipinski definition) is 1. The molecule has 0 amide bonds. The maximum atomic E-state index is 5.61. The molecule has 1 rings (SSSR count). The summed E-state index contributed by atoms with van der Waals surface area (Å²) in [4.78, 5) is 0. The molecule has 13 heavy (non-hydrogen) atoms. The highest BCUT2D eigenvalue weighted by Gasteiger charge is 2.11. The molecule has 0 spiro atoms. The van der Waals surface area contributed by atoms with Gasteiger partial charge in [-0.3, -0.25) is 0 Å². The van der Waals surface area contributed by atoms with Gasteiger partial charge in [-0.15, -0.1) is 0 Å². The van der Waals surface area contributed by atoms with Gasteiger partial charge in [-0.1, -0.05) is 12.2 Å². The van der Waals surface area contributed by atoms with Gasteiger partial charge in [0.25, 0.3) is 0 Å². The minimum absolute atomic E-state index is 0.00436. The van der Waals surface area contributed by atoms with Gasteiger partial charge in [-0.25, -0.2) is 0 Å². The Kier molecular flexibility index (Phi) is 3.94. The molecule has 0 aromatic heterocycles. The fourth-order valence-corrected chi connectivity index (χ4v) is 1.40. The largest absolute Gasteiger partial charge is 0.375 e. The second-order valence-electron chi connectivity index (χ2n) is 4.55. The first kappa shape index (κ1) is 10.7. The standard InChI is InChI=1S/C11H21NO/c1-11(2,3)13-9-8-12-10-6-4-5-7-10/h4-5,10,12H,6-9H2,1-3H3. The molecule has 1 N–H and O–H groups in total. The van der Waals surface area contributed by atoms with E-state index < -0.39 is 0 Å². The molecule has 0 bridgehead atoms. The van der Waals surface area contributed by atoms with Crippen LogP contribution in [0.4, 0.5) is 0 Å². The average molecular weight is 183 g/mol. The first-order valence-electron chi connectivity index (χ1n) is 5.10. The molecule has 2 heteroatoms. The van der Waals surface area contributed by atoms with Gasteiger partial charge < -0.3 is 10.1 Å². The molecular formula is C11H21NO. The quantitative estimate of drug-likeness (QED) is 0.532. The van der Waals surface area contributed by atoms with Crippen LogP contribution in [0.15, 0.2) is 12.2 Å². The third-order valence-corrected chi connectivity index (χ3v) is 2.08. The van der Waals surface area contributed by atoms with Crippen molar-refractivity contribution < 1.29 is 4.74 Å². The summed E-state index contributed by atoms with van der Waals surface area (Å²) in [5.41, 5.74) is -0.00436. The van der Waals surface area contributed by atoms with E-state index in [1.54, 1.807) is 0 Å². The molecule has 76 valence electrons. The van der Waals surface area contributed by atoms with Gasteiger partial charge in [0.2, 0.25) is 0 Å². The van der Waals surface area contributed by atoms with E-state index in [-0.39, 0.29) is 5.60 Å². The molecule has 0 aromatic carbocycles. The van der Waals surface area contributed by atoms with Crippen LogP contribution in [-0.2, 0) is 4.74 Å². The van der Waals surface area contributed by atoms with Gasteiger partial charge in [0.15, 0.2) is 0 Å². The molecule has 0 radical (unpaired) electrons. The molecule has 2 nitrogen and oxygen atoms in total. The molecule has 0 saturated carbocycles. The van der Waals surface area contributed by atoms with Crippen LogP contribution in [0.2, 0.25) is 0 Å². The fourth-order valence-electron chi connectivity index (χ4n) is 1.40. The zero-order valence-electron chi connectivity index (χ0n) is 8.97. The summed E-state index contributed by atoms with van der Waals surface area (Å²) in [5, 5.41) is 3.47. The van der Waals surface area contributed by atoms with Crippen molar-refractivity contribution in [2.24, 2.45) is 0 Å². The Morgan fingerprint density at radius 2 is 1.92 bits per heavy atom. The molecule has 0 aliphatic heterocycles. The van der Waals surface area contributed by atoms with E-state index in [2.05, 4.69) is 38.2 Å². The molecule has 0 saturated heterocycles. The topological polar surface area (TPSA) is 21.3 Å². The normalized spacial score (nSPS) is 18.4. The second kappa shape index (κ2) is 4.77.